The van der Waals surface area contributed by atoms with Crippen molar-refractivity contribution in [1.29, 1.82) is 0 Å². The lowest BCUT2D eigenvalue weighted by atomic mass is 10.0. The van der Waals surface area contributed by atoms with Gasteiger partial charge in [-0.25, -0.2) is 4.98 Å². The van der Waals surface area contributed by atoms with Crippen molar-refractivity contribution in [3.05, 3.63) is 70.6 Å². The van der Waals surface area contributed by atoms with Crippen molar-refractivity contribution < 1.29 is 18.7 Å². The van der Waals surface area contributed by atoms with Crippen LogP contribution in [-0.4, -0.2) is 24.7 Å². The zero-order valence-corrected chi connectivity index (χ0v) is 18.2. The average Bonchev–Trinajstić information content (AvgIpc) is 3.13. The molecule has 0 aliphatic rings. The molecule has 0 aliphatic heterocycles. The van der Waals surface area contributed by atoms with Gasteiger partial charge in [0.2, 0.25) is 5.89 Å². The standard InChI is InChI=1S/C25H29NO4/c1-5-19-16-22(12-10-20(19)11-13-24(27)28-4)29-15-14-23-18(3)30-25(26-23)21-8-6-17(2)7-9-21/h6-10,12,16H,5,11,13-15H2,1-4H3. The van der Waals surface area contributed by atoms with Crippen LogP contribution < -0.4 is 4.74 Å². The molecule has 0 saturated heterocycles. The van der Waals surface area contributed by atoms with Gasteiger partial charge in [0.15, 0.2) is 0 Å². The fraction of sp³-hybridized carbons (Fsp3) is 0.360. The highest BCUT2D eigenvalue weighted by Crippen LogP contribution is 2.23. The zero-order chi connectivity index (χ0) is 21.5. The Labute approximate surface area is 178 Å². The average molecular weight is 408 g/mol. The number of carbonyl (C=O) groups is 1. The van der Waals surface area contributed by atoms with E-state index in [1.165, 1.54) is 18.2 Å². The maximum absolute atomic E-state index is 11.4. The first-order valence-corrected chi connectivity index (χ1v) is 10.3. The quantitative estimate of drug-likeness (QED) is 0.454. The lowest BCUT2D eigenvalue weighted by Gasteiger charge is -2.11. The molecule has 3 aromatic rings. The molecule has 2 aromatic carbocycles. The Morgan fingerprint density at radius 3 is 2.50 bits per heavy atom. The molecule has 5 nitrogen and oxygen atoms in total. The van der Waals surface area contributed by atoms with E-state index >= 15 is 0 Å². The van der Waals surface area contributed by atoms with E-state index in [9.17, 15) is 4.79 Å². The number of benzene rings is 2. The smallest absolute Gasteiger partial charge is 0.305 e. The Hall–Kier alpha value is -3.08. The number of methoxy groups -OCH3 is 1. The molecule has 0 spiro atoms. The third-order valence-electron chi connectivity index (χ3n) is 5.18. The Bertz CT molecular complexity index is 989. The van der Waals surface area contributed by atoms with Crippen LogP contribution in [0.2, 0.25) is 0 Å². The van der Waals surface area contributed by atoms with Crippen molar-refractivity contribution in [2.75, 3.05) is 13.7 Å². The molecule has 0 saturated carbocycles. The van der Waals surface area contributed by atoms with Gasteiger partial charge in [0.25, 0.3) is 0 Å². The minimum absolute atomic E-state index is 0.189. The van der Waals surface area contributed by atoms with Crippen molar-refractivity contribution >= 4 is 5.97 Å². The fourth-order valence-corrected chi connectivity index (χ4v) is 3.35. The molecule has 5 heteroatoms. The molecule has 0 unspecified atom stereocenters. The third kappa shape index (κ3) is 5.50. The summed E-state index contributed by atoms with van der Waals surface area (Å²) in [5.41, 5.74) is 5.45. The Balaban J connectivity index is 1.59. The highest BCUT2D eigenvalue weighted by atomic mass is 16.5. The molecule has 1 aromatic heterocycles. The number of oxazole rings is 1. The van der Waals surface area contributed by atoms with Gasteiger partial charge < -0.3 is 13.9 Å². The fourth-order valence-electron chi connectivity index (χ4n) is 3.35. The molecule has 158 valence electrons. The van der Waals surface area contributed by atoms with Gasteiger partial charge in [0, 0.05) is 18.4 Å². The maximum Gasteiger partial charge on any atom is 0.305 e. The first-order valence-electron chi connectivity index (χ1n) is 10.3. The lowest BCUT2D eigenvalue weighted by molar-refractivity contribution is -0.140. The summed E-state index contributed by atoms with van der Waals surface area (Å²) in [6, 6.07) is 14.2. The van der Waals surface area contributed by atoms with Crippen LogP contribution in [0.4, 0.5) is 0 Å². The normalized spacial score (nSPS) is 10.8. The number of nitrogens with zero attached hydrogens (tertiary/aromatic N) is 1. The number of hydrogen-bond acceptors (Lipinski definition) is 5. The summed E-state index contributed by atoms with van der Waals surface area (Å²) in [5.74, 6) is 2.10. The number of hydrogen-bond donors (Lipinski definition) is 0. The van der Waals surface area contributed by atoms with Crippen molar-refractivity contribution in [3.8, 4) is 17.2 Å². The number of carbonyl (C=O) groups excluding carboxylic acids is 1. The van der Waals surface area contributed by atoms with Gasteiger partial charge in [-0.1, -0.05) is 30.7 Å². The van der Waals surface area contributed by atoms with E-state index in [-0.39, 0.29) is 5.97 Å². The summed E-state index contributed by atoms with van der Waals surface area (Å²) in [7, 11) is 1.42. The van der Waals surface area contributed by atoms with E-state index in [0.717, 1.165) is 34.8 Å². The molecule has 0 N–H and O–H groups in total. The van der Waals surface area contributed by atoms with Crippen LogP contribution >= 0.6 is 0 Å². The monoisotopic (exact) mass is 407 g/mol. The highest BCUT2D eigenvalue weighted by molar-refractivity contribution is 5.69. The molecule has 0 radical (unpaired) electrons. The second kappa shape index (κ2) is 10.1. The highest BCUT2D eigenvalue weighted by Gasteiger charge is 2.12. The van der Waals surface area contributed by atoms with Gasteiger partial charge in [0.1, 0.15) is 11.5 Å². The van der Waals surface area contributed by atoms with Crippen LogP contribution in [0.5, 0.6) is 5.75 Å². The summed E-state index contributed by atoms with van der Waals surface area (Å²) in [4.78, 5) is 16.0. The van der Waals surface area contributed by atoms with Gasteiger partial charge in [-0.2, -0.15) is 0 Å². The number of aromatic nitrogens is 1. The second-order valence-corrected chi connectivity index (χ2v) is 7.35. The predicted molar refractivity (Wildman–Crippen MR) is 117 cm³/mol. The minimum Gasteiger partial charge on any atom is -0.493 e. The molecule has 0 bridgehead atoms. The van der Waals surface area contributed by atoms with Crippen LogP contribution in [0.3, 0.4) is 0 Å². The Kier molecular flexibility index (Phi) is 7.28. The maximum atomic E-state index is 11.4. The van der Waals surface area contributed by atoms with E-state index in [1.807, 2.05) is 31.2 Å². The van der Waals surface area contributed by atoms with Gasteiger partial charge in [-0.3, -0.25) is 4.79 Å². The second-order valence-electron chi connectivity index (χ2n) is 7.35. The number of aryl methyl sites for hydroxylation is 4. The van der Waals surface area contributed by atoms with Crippen LogP contribution in [0.15, 0.2) is 46.9 Å². The van der Waals surface area contributed by atoms with Crippen molar-refractivity contribution in [1.82, 2.24) is 4.98 Å². The number of ether oxygens (including phenoxy) is 2. The predicted octanol–water partition coefficient (Wildman–Crippen LogP) is 5.25. The van der Waals surface area contributed by atoms with Crippen LogP contribution in [0.1, 0.15) is 41.5 Å². The molecule has 3 rings (SSSR count). The van der Waals surface area contributed by atoms with Crippen LogP contribution in [-0.2, 0) is 28.8 Å². The summed E-state index contributed by atoms with van der Waals surface area (Å²) in [5, 5.41) is 0. The molecule has 1 heterocycles. The van der Waals surface area contributed by atoms with Crippen molar-refractivity contribution in [3.63, 3.8) is 0 Å². The lowest BCUT2D eigenvalue weighted by Crippen LogP contribution is -2.05. The number of esters is 1. The van der Waals surface area contributed by atoms with Gasteiger partial charge in [-0.15, -0.1) is 0 Å². The molecule has 30 heavy (non-hydrogen) atoms. The molecule has 0 fully saturated rings. The van der Waals surface area contributed by atoms with E-state index < -0.39 is 0 Å². The molecule has 0 aliphatic carbocycles. The Morgan fingerprint density at radius 1 is 1.03 bits per heavy atom. The third-order valence-corrected chi connectivity index (χ3v) is 5.18. The van der Waals surface area contributed by atoms with Gasteiger partial charge in [0.05, 0.1) is 19.4 Å². The van der Waals surface area contributed by atoms with E-state index in [0.29, 0.717) is 31.8 Å². The summed E-state index contributed by atoms with van der Waals surface area (Å²) >= 11 is 0. The van der Waals surface area contributed by atoms with Gasteiger partial charge in [-0.05, 0) is 62.1 Å². The zero-order valence-electron chi connectivity index (χ0n) is 18.2. The SMILES string of the molecule is CCc1cc(OCCc2nc(-c3ccc(C)cc3)oc2C)ccc1CCC(=O)OC. The molecule has 0 amide bonds. The first kappa shape index (κ1) is 21.6. The Morgan fingerprint density at radius 2 is 1.80 bits per heavy atom. The topological polar surface area (TPSA) is 61.6 Å². The van der Waals surface area contributed by atoms with Crippen molar-refractivity contribution in [2.24, 2.45) is 0 Å². The minimum atomic E-state index is -0.189. The summed E-state index contributed by atoms with van der Waals surface area (Å²) < 4.78 is 16.5. The molecular weight excluding hydrogens is 378 g/mol. The summed E-state index contributed by atoms with van der Waals surface area (Å²) in [6.45, 7) is 6.62. The van der Waals surface area contributed by atoms with Crippen LogP contribution in [0, 0.1) is 13.8 Å². The van der Waals surface area contributed by atoms with Crippen molar-refractivity contribution in [2.45, 2.75) is 46.5 Å². The number of rotatable bonds is 9. The molecular formula is C25H29NO4. The van der Waals surface area contributed by atoms with E-state index in [4.69, 9.17) is 13.9 Å². The summed E-state index contributed by atoms with van der Waals surface area (Å²) in [6.07, 6.45) is 2.62. The molecule has 0 atom stereocenters. The first-order chi connectivity index (χ1) is 14.5. The largest absolute Gasteiger partial charge is 0.493 e. The van der Waals surface area contributed by atoms with E-state index in [2.05, 4.69) is 37.0 Å². The van der Waals surface area contributed by atoms with E-state index in [1.54, 1.807) is 0 Å². The van der Waals surface area contributed by atoms with Gasteiger partial charge >= 0.3 is 5.97 Å². The van der Waals surface area contributed by atoms with Crippen LogP contribution in [0.25, 0.3) is 11.5 Å².